The van der Waals surface area contributed by atoms with Gasteiger partial charge in [-0.05, 0) is 0 Å². The summed E-state index contributed by atoms with van der Waals surface area (Å²) in [6, 6.07) is 0. The van der Waals surface area contributed by atoms with Crippen LogP contribution in [0.15, 0.2) is 0 Å². The lowest BCUT2D eigenvalue weighted by molar-refractivity contribution is -0.156. The number of ether oxygens (including phenoxy) is 2. The Kier molecular flexibility index (Phi) is 3.73. The highest BCUT2D eigenvalue weighted by molar-refractivity contribution is 6.11. The Morgan fingerprint density at radius 2 is 1.15 bits per heavy atom. The Morgan fingerprint density at radius 3 is 1.40 bits per heavy atom. The Balaban J connectivity index is 1.86. The molecule has 0 spiro atoms. The molecular weight excluding hydrogens is 272 g/mol. The van der Waals surface area contributed by atoms with Crippen molar-refractivity contribution in [3.05, 3.63) is 0 Å². The van der Waals surface area contributed by atoms with Crippen molar-refractivity contribution in [3.63, 3.8) is 0 Å². The highest BCUT2D eigenvalue weighted by Crippen LogP contribution is 2.22. The minimum atomic E-state index is -1.17. The molecule has 2 fully saturated rings. The van der Waals surface area contributed by atoms with Gasteiger partial charge in [0, 0.05) is 12.8 Å². The van der Waals surface area contributed by atoms with Crippen LogP contribution in [0.25, 0.3) is 0 Å². The van der Waals surface area contributed by atoms with E-state index in [2.05, 4.69) is 9.47 Å². The number of ketones is 2. The second-order valence-corrected chi connectivity index (χ2v) is 4.53. The van der Waals surface area contributed by atoms with Crippen LogP contribution in [0.1, 0.15) is 25.7 Å². The molecule has 0 saturated carbocycles. The van der Waals surface area contributed by atoms with Gasteiger partial charge in [-0.2, -0.15) is 0 Å². The molecule has 2 aliphatic rings. The van der Waals surface area contributed by atoms with E-state index in [-0.39, 0.29) is 25.7 Å². The summed E-state index contributed by atoms with van der Waals surface area (Å²) in [5.41, 5.74) is 0. The molecule has 8 nitrogen and oxygen atoms in total. The van der Waals surface area contributed by atoms with Gasteiger partial charge in [0.1, 0.15) is 23.4 Å². The summed E-state index contributed by atoms with van der Waals surface area (Å²) in [7, 11) is 0. The van der Waals surface area contributed by atoms with Crippen LogP contribution < -0.4 is 0 Å². The van der Waals surface area contributed by atoms with Crippen LogP contribution in [0.5, 0.6) is 0 Å². The quantitative estimate of drug-likeness (QED) is 0.469. The zero-order chi connectivity index (χ0) is 14.9. The topological polar surface area (TPSA) is 121 Å². The normalized spacial score (nSPS) is 25.6. The minimum Gasteiger partial charge on any atom is -0.393 e. The molecule has 0 aromatic carbocycles. The van der Waals surface area contributed by atoms with Gasteiger partial charge in [0.2, 0.25) is 0 Å². The molecular formula is C12H10O8. The van der Waals surface area contributed by atoms with Crippen LogP contribution >= 0.6 is 0 Å². The molecule has 20 heavy (non-hydrogen) atoms. The first kappa shape index (κ1) is 14.0. The third-order valence-corrected chi connectivity index (χ3v) is 3.13. The molecule has 2 unspecified atom stereocenters. The number of hydrogen-bond acceptors (Lipinski definition) is 8. The van der Waals surface area contributed by atoms with Crippen LogP contribution in [0.2, 0.25) is 0 Å². The van der Waals surface area contributed by atoms with E-state index in [1.165, 1.54) is 0 Å². The maximum absolute atomic E-state index is 11.7. The first-order valence-electron chi connectivity index (χ1n) is 5.93. The Bertz CT molecular complexity index is 484. The van der Waals surface area contributed by atoms with Crippen molar-refractivity contribution in [2.24, 2.45) is 11.8 Å². The molecule has 0 radical (unpaired) electrons. The molecule has 106 valence electrons. The summed E-state index contributed by atoms with van der Waals surface area (Å²) in [5, 5.41) is 0. The second kappa shape index (κ2) is 5.32. The van der Waals surface area contributed by atoms with Crippen molar-refractivity contribution in [2.45, 2.75) is 25.7 Å². The lowest BCUT2D eigenvalue weighted by atomic mass is 9.93. The predicted molar refractivity (Wildman–Crippen MR) is 57.7 cm³/mol. The Labute approximate surface area is 112 Å². The summed E-state index contributed by atoms with van der Waals surface area (Å²) >= 11 is 0. The average Bonchev–Trinajstić information content (AvgIpc) is 2.88. The zero-order valence-corrected chi connectivity index (χ0v) is 10.2. The van der Waals surface area contributed by atoms with E-state index >= 15 is 0 Å². The molecule has 0 aromatic heterocycles. The van der Waals surface area contributed by atoms with Gasteiger partial charge >= 0.3 is 23.9 Å². The molecule has 2 heterocycles. The van der Waals surface area contributed by atoms with Gasteiger partial charge in [-0.1, -0.05) is 0 Å². The van der Waals surface area contributed by atoms with Gasteiger partial charge in [-0.15, -0.1) is 0 Å². The SMILES string of the molecule is O=C1CC(C(=O)CCC(=O)C2CC(=O)OC2=O)C(=O)O1. The van der Waals surface area contributed by atoms with Gasteiger partial charge in [0.05, 0.1) is 12.8 Å². The Morgan fingerprint density at radius 1 is 0.800 bits per heavy atom. The molecule has 0 N–H and O–H groups in total. The highest BCUT2D eigenvalue weighted by Gasteiger charge is 2.41. The Hall–Kier alpha value is -2.38. The van der Waals surface area contributed by atoms with E-state index < -0.39 is 47.3 Å². The number of hydrogen-bond donors (Lipinski definition) is 0. The van der Waals surface area contributed by atoms with Crippen molar-refractivity contribution in [1.29, 1.82) is 0 Å². The van der Waals surface area contributed by atoms with E-state index in [9.17, 15) is 28.8 Å². The van der Waals surface area contributed by atoms with Crippen molar-refractivity contribution in [1.82, 2.24) is 0 Å². The molecule has 0 bridgehead atoms. The summed E-state index contributed by atoms with van der Waals surface area (Å²) < 4.78 is 8.46. The van der Waals surface area contributed by atoms with Gasteiger partial charge in [0.15, 0.2) is 0 Å². The fourth-order valence-corrected chi connectivity index (χ4v) is 2.04. The summed E-state index contributed by atoms with van der Waals surface area (Å²) in [5.74, 6) is -6.90. The number of esters is 4. The molecule has 0 aromatic rings. The van der Waals surface area contributed by atoms with Crippen LogP contribution in [-0.2, 0) is 38.2 Å². The van der Waals surface area contributed by atoms with E-state index in [1.54, 1.807) is 0 Å². The smallest absolute Gasteiger partial charge is 0.324 e. The van der Waals surface area contributed by atoms with E-state index in [1.807, 2.05) is 0 Å². The third kappa shape index (κ3) is 2.79. The number of carbonyl (C=O) groups is 6. The lowest BCUT2D eigenvalue weighted by Crippen LogP contribution is -2.23. The van der Waals surface area contributed by atoms with E-state index in [0.29, 0.717) is 0 Å². The van der Waals surface area contributed by atoms with Gasteiger partial charge in [-0.3, -0.25) is 28.8 Å². The van der Waals surface area contributed by atoms with E-state index in [0.717, 1.165) is 0 Å². The summed E-state index contributed by atoms with van der Waals surface area (Å²) in [4.78, 5) is 67.3. The molecule has 0 aliphatic carbocycles. The van der Waals surface area contributed by atoms with Crippen molar-refractivity contribution < 1.29 is 38.2 Å². The third-order valence-electron chi connectivity index (χ3n) is 3.13. The number of Topliss-reactive ketones (excluding diaryl/α,β-unsaturated/α-hetero) is 2. The fourth-order valence-electron chi connectivity index (χ4n) is 2.04. The largest absolute Gasteiger partial charge is 0.393 e. The minimum absolute atomic E-state index is 0.288. The van der Waals surface area contributed by atoms with Gasteiger partial charge in [-0.25, -0.2) is 0 Å². The molecule has 0 amide bonds. The molecule has 2 aliphatic heterocycles. The molecule has 2 saturated heterocycles. The average molecular weight is 282 g/mol. The fraction of sp³-hybridized carbons (Fsp3) is 0.500. The first-order valence-corrected chi connectivity index (χ1v) is 5.93. The number of cyclic esters (lactones) is 4. The van der Waals surface area contributed by atoms with Crippen LogP contribution in [0.3, 0.4) is 0 Å². The van der Waals surface area contributed by atoms with Gasteiger partial charge < -0.3 is 9.47 Å². The van der Waals surface area contributed by atoms with Crippen molar-refractivity contribution in [3.8, 4) is 0 Å². The van der Waals surface area contributed by atoms with Gasteiger partial charge in [0.25, 0.3) is 0 Å². The number of rotatable bonds is 5. The lowest BCUT2D eigenvalue weighted by Gasteiger charge is -2.05. The molecule has 8 heteroatoms. The zero-order valence-electron chi connectivity index (χ0n) is 10.2. The maximum Gasteiger partial charge on any atom is 0.324 e. The van der Waals surface area contributed by atoms with Crippen LogP contribution in [-0.4, -0.2) is 35.4 Å². The standard InChI is InChI=1S/C12H10O8/c13-7(5-3-9(15)19-11(5)17)1-2-8(14)6-4-10(16)20-12(6)18/h5-6H,1-4H2. The molecule has 2 rings (SSSR count). The summed E-state index contributed by atoms with van der Waals surface area (Å²) in [6.45, 7) is 0. The molecule has 2 atom stereocenters. The van der Waals surface area contributed by atoms with Crippen molar-refractivity contribution in [2.75, 3.05) is 0 Å². The van der Waals surface area contributed by atoms with E-state index in [4.69, 9.17) is 0 Å². The number of carbonyl (C=O) groups excluding carboxylic acids is 6. The van der Waals surface area contributed by atoms with Crippen LogP contribution in [0, 0.1) is 11.8 Å². The first-order chi connectivity index (χ1) is 9.38. The van der Waals surface area contributed by atoms with Crippen molar-refractivity contribution >= 4 is 35.4 Å². The monoisotopic (exact) mass is 282 g/mol. The maximum atomic E-state index is 11.7. The summed E-state index contributed by atoms with van der Waals surface area (Å²) in [6.07, 6.45) is -1.22. The second-order valence-electron chi connectivity index (χ2n) is 4.53. The predicted octanol–water partition coefficient (Wildman–Crippen LogP) is -0.916. The highest BCUT2D eigenvalue weighted by atomic mass is 16.6. The van der Waals surface area contributed by atoms with Crippen LogP contribution in [0.4, 0.5) is 0 Å².